The molecule has 0 aliphatic rings. The van der Waals surface area contributed by atoms with Crippen LogP contribution in [0.3, 0.4) is 0 Å². The highest BCUT2D eigenvalue weighted by Crippen LogP contribution is 2.18. The lowest BCUT2D eigenvalue weighted by Gasteiger charge is -2.08. The first kappa shape index (κ1) is 19.9. The van der Waals surface area contributed by atoms with Crippen molar-refractivity contribution in [2.75, 3.05) is 18.4 Å². The summed E-state index contributed by atoms with van der Waals surface area (Å²) in [7, 11) is 0. The molecule has 3 rings (SSSR count). The van der Waals surface area contributed by atoms with Gasteiger partial charge in [0, 0.05) is 36.3 Å². The number of nitrogens with one attached hydrogen (secondary N) is 3. The van der Waals surface area contributed by atoms with Gasteiger partial charge < -0.3 is 20.4 Å². The van der Waals surface area contributed by atoms with Crippen molar-refractivity contribution in [3.05, 3.63) is 84.8 Å². The molecule has 29 heavy (non-hydrogen) atoms. The number of amides is 3. The van der Waals surface area contributed by atoms with Crippen LogP contribution in [0.1, 0.15) is 16.1 Å². The van der Waals surface area contributed by atoms with Crippen molar-refractivity contribution in [2.45, 2.75) is 6.42 Å². The smallest absolute Gasteiger partial charge is 0.319 e. The Morgan fingerprint density at radius 2 is 1.79 bits per heavy atom. The first-order valence-corrected chi connectivity index (χ1v) is 9.19. The highest BCUT2D eigenvalue weighted by atomic mass is 16.3. The van der Waals surface area contributed by atoms with Gasteiger partial charge in [0.2, 0.25) is 5.89 Å². The molecule has 0 bridgehead atoms. The first-order chi connectivity index (χ1) is 14.2. The van der Waals surface area contributed by atoms with E-state index < -0.39 is 0 Å². The summed E-state index contributed by atoms with van der Waals surface area (Å²) in [4.78, 5) is 28.3. The van der Waals surface area contributed by atoms with Gasteiger partial charge in [-0.05, 0) is 36.4 Å². The number of anilines is 1. The predicted molar refractivity (Wildman–Crippen MR) is 112 cm³/mol. The summed E-state index contributed by atoms with van der Waals surface area (Å²) >= 11 is 0. The fraction of sp³-hybridized carbons (Fsp3) is 0.136. The largest absolute Gasteiger partial charge is 0.444 e. The van der Waals surface area contributed by atoms with Crippen LogP contribution in [0.5, 0.6) is 0 Å². The van der Waals surface area contributed by atoms with Crippen LogP contribution in [-0.4, -0.2) is 30.0 Å². The quantitative estimate of drug-likeness (QED) is 0.512. The Hall–Kier alpha value is -3.87. The topological polar surface area (TPSA) is 96.3 Å². The first-order valence-electron chi connectivity index (χ1n) is 9.19. The molecule has 0 atom stereocenters. The van der Waals surface area contributed by atoms with E-state index in [1.165, 1.54) is 0 Å². The van der Waals surface area contributed by atoms with E-state index in [1.807, 2.05) is 30.3 Å². The summed E-state index contributed by atoms with van der Waals surface area (Å²) in [5, 5.41) is 8.19. The predicted octanol–water partition coefficient (Wildman–Crippen LogP) is 3.62. The van der Waals surface area contributed by atoms with Gasteiger partial charge in [-0.15, -0.1) is 6.58 Å². The average molecular weight is 390 g/mol. The summed E-state index contributed by atoms with van der Waals surface area (Å²) in [6.07, 6.45) is 3.75. The van der Waals surface area contributed by atoms with Crippen LogP contribution >= 0.6 is 0 Å². The van der Waals surface area contributed by atoms with E-state index in [9.17, 15) is 9.59 Å². The van der Waals surface area contributed by atoms with E-state index in [2.05, 4.69) is 27.5 Å². The molecule has 0 radical (unpaired) electrons. The Kier molecular flexibility index (Phi) is 6.78. The van der Waals surface area contributed by atoms with Crippen molar-refractivity contribution in [1.29, 1.82) is 0 Å². The number of oxazole rings is 1. The third kappa shape index (κ3) is 5.80. The number of hydrogen-bond acceptors (Lipinski definition) is 4. The van der Waals surface area contributed by atoms with Crippen molar-refractivity contribution in [1.82, 2.24) is 15.6 Å². The number of benzene rings is 2. The molecule has 0 aliphatic heterocycles. The van der Waals surface area contributed by atoms with E-state index in [0.29, 0.717) is 36.7 Å². The minimum Gasteiger partial charge on any atom is -0.444 e. The van der Waals surface area contributed by atoms with Crippen molar-refractivity contribution >= 4 is 17.6 Å². The number of carbonyl (C=O) groups is 2. The van der Waals surface area contributed by atoms with Crippen LogP contribution in [0.15, 0.2) is 77.9 Å². The van der Waals surface area contributed by atoms with Gasteiger partial charge in [-0.1, -0.05) is 24.3 Å². The van der Waals surface area contributed by atoms with Crippen LogP contribution in [0.4, 0.5) is 10.5 Å². The molecular formula is C22H22N4O3. The summed E-state index contributed by atoms with van der Waals surface area (Å²) < 4.78 is 5.48. The Balaban J connectivity index is 1.44. The standard InChI is InChI=1S/C22H22N4O3/c1-2-13-23-20(27)16-8-10-18(11-9-16)26-22(28)24-14-12-19-15-29-21(25-19)17-6-4-3-5-7-17/h2-11,15H,1,12-14H2,(H,23,27)(H2,24,26,28). The van der Waals surface area contributed by atoms with E-state index in [1.54, 1.807) is 36.6 Å². The Morgan fingerprint density at radius 1 is 1.03 bits per heavy atom. The second-order valence-electron chi connectivity index (χ2n) is 6.22. The van der Waals surface area contributed by atoms with Gasteiger partial charge in [0.05, 0.1) is 5.69 Å². The van der Waals surface area contributed by atoms with Crippen LogP contribution in [0.2, 0.25) is 0 Å². The molecule has 7 heteroatoms. The number of aromatic nitrogens is 1. The molecular weight excluding hydrogens is 368 g/mol. The molecule has 0 saturated heterocycles. The third-order valence-corrected chi connectivity index (χ3v) is 4.05. The lowest BCUT2D eigenvalue weighted by atomic mass is 10.2. The molecule has 2 aromatic carbocycles. The number of rotatable bonds is 8. The molecule has 1 heterocycles. The van der Waals surface area contributed by atoms with Crippen LogP contribution in [-0.2, 0) is 6.42 Å². The minimum absolute atomic E-state index is 0.191. The minimum atomic E-state index is -0.333. The van der Waals surface area contributed by atoms with Crippen molar-refractivity contribution in [3.63, 3.8) is 0 Å². The number of carbonyl (C=O) groups excluding carboxylic acids is 2. The molecule has 0 fully saturated rings. The maximum absolute atomic E-state index is 12.0. The molecule has 0 aliphatic carbocycles. The van der Waals surface area contributed by atoms with E-state index in [-0.39, 0.29) is 11.9 Å². The van der Waals surface area contributed by atoms with Crippen LogP contribution in [0, 0.1) is 0 Å². The highest BCUT2D eigenvalue weighted by molar-refractivity contribution is 5.95. The van der Waals surface area contributed by atoms with Gasteiger partial charge in [-0.3, -0.25) is 4.79 Å². The molecule has 0 saturated carbocycles. The van der Waals surface area contributed by atoms with E-state index in [4.69, 9.17) is 4.42 Å². The SMILES string of the molecule is C=CCNC(=O)c1ccc(NC(=O)NCCc2coc(-c3ccccc3)n2)cc1. The Labute approximate surface area is 168 Å². The number of hydrogen-bond donors (Lipinski definition) is 3. The highest BCUT2D eigenvalue weighted by Gasteiger charge is 2.08. The maximum Gasteiger partial charge on any atom is 0.319 e. The summed E-state index contributed by atoms with van der Waals surface area (Å²) in [5.74, 6) is 0.366. The maximum atomic E-state index is 12.0. The van der Waals surface area contributed by atoms with Crippen LogP contribution < -0.4 is 16.0 Å². The molecule has 148 valence electrons. The third-order valence-electron chi connectivity index (χ3n) is 4.05. The zero-order valence-electron chi connectivity index (χ0n) is 15.9. The summed E-state index contributed by atoms with van der Waals surface area (Å²) in [6.45, 7) is 4.37. The fourth-order valence-electron chi connectivity index (χ4n) is 2.59. The second-order valence-corrected chi connectivity index (χ2v) is 6.22. The monoisotopic (exact) mass is 390 g/mol. The normalized spacial score (nSPS) is 10.2. The lowest BCUT2D eigenvalue weighted by Crippen LogP contribution is -2.30. The van der Waals surface area contributed by atoms with Gasteiger partial charge in [-0.2, -0.15) is 0 Å². The zero-order chi connectivity index (χ0) is 20.5. The molecule has 0 spiro atoms. The van der Waals surface area contributed by atoms with Crippen LogP contribution in [0.25, 0.3) is 11.5 Å². The van der Waals surface area contributed by atoms with Gasteiger partial charge in [0.15, 0.2) is 0 Å². The van der Waals surface area contributed by atoms with Gasteiger partial charge in [0.1, 0.15) is 6.26 Å². The Morgan fingerprint density at radius 3 is 2.52 bits per heavy atom. The number of urea groups is 1. The molecule has 3 N–H and O–H groups in total. The molecule has 1 aromatic heterocycles. The van der Waals surface area contributed by atoms with Crippen molar-refractivity contribution < 1.29 is 14.0 Å². The van der Waals surface area contributed by atoms with Gasteiger partial charge >= 0.3 is 6.03 Å². The van der Waals surface area contributed by atoms with E-state index >= 15 is 0 Å². The van der Waals surface area contributed by atoms with E-state index in [0.717, 1.165) is 11.3 Å². The lowest BCUT2D eigenvalue weighted by molar-refractivity contribution is 0.0958. The summed E-state index contributed by atoms with van der Waals surface area (Å²) in [5.41, 5.74) is 2.78. The molecule has 3 aromatic rings. The second kappa shape index (κ2) is 9.89. The molecule has 0 unspecified atom stereocenters. The van der Waals surface area contributed by atoms with Crippen molar-refractivity contribution in [2.24, 2.45) is 0 Å². The molecule has 3 amide bonds. The fourth-order valence-corrected chi connectivity index (χ4v) is 2.59. The average Bonchev–Trinajstić information content (AvgIpc) is 3.22. The molecule has 7 nitrogen and oxygen atoms in total. The summed E-state index contributed by atoms with van der Waals surface area (Å²) in [6, 6.07) is 15.9. The number of nitrogens with zero attached hydrogens (tertiary/aromatic N) is 1. The van der Waals surface area contributed by atoms with Gasteiger partial charge in [0.25, 0.3) is 5.91 Å². The Bertz CT molecular complexity index is 965. The zero-order valence-corrected chi connectivity index (χ0v) is 15.9. The van der Waals surface area contributed by atoms with Gasteiger partial charge in [-0.25, -0.2) is 9.78 Å². The van der Waals surface area contributed by atoms with Crippen molar-refractivity contribution in [3.8, 4) is 11.5 Å².